The molecule has 1 rings (SSSR count). The molecule has 1 saturated heterocycles. The van der Waals surface area contributed by atoms with Crippen molar-refractivity contribution in [1.82, 2.24) is 4.90 Å². The van der Waals surface area contributed by atoms with Gasteiger partial charge in [-0.15, -0.1) is 0 Å². The molecule has 0 radical (unpaired) electrons. The highest BCUT2D eigenvalue weighted by molar-refractivity contribution is 4.78. The molecule has 2 unspecified atom stereocenters. The second kappa shape index (κ2) is 11.0. The SMILES string of the molecule is CC.CC.CCC(C)N1CCCC1C. The minimum absolute atomic E-state index is 0.803. The van der Waals surface area contributed by atoms with Gasteiger partial charge < -0.3 is 0 Å². The molecule has 0 aromatic rings. The van der Waals surface area contributed by atoms with Crippen LogP contribution in [0.3, 0.4) is 0 Å². The van der Waals surface area contributed by atoms with Crippen molar-refractivity contribution in [2.45, 2.75) is 79.8 Å². The van der Waals surface area contributed by atoms with E-state index in [-0.39, 0.29) is 0 Å². The molecule has 0 N–H and O–H groups in total. The third-order valence-electron chi connectivity index (χ3n) is 2.76. The zero-order chi connectivity index (χ0) is 11.6. The first kappa shape index (κ1) is 16.4. The van der Waals surface area contributed by atoms with Crippen LogP contribution in [0.25, 0.3) is 0 Å². The largest absolute Gasteiger partial charge is 0.298 e. The first-order chi connectivity index (χ1) is 6.75. The fourth-order valence-corrected chi connectivity index (χ4v) is 1.84. The molecule has 0 aliphatic carbocycles. The van der Waals surface area contributed by atoms with Crippen LogP contribution in [-0.4, -0.2) is 23.5 Å². The Morgan fingerprint density at radius 1 is 1.21 bits per heavy atom. The van der Waals surface area contributed by atoms with Gasteiger partial charge in [-0.05, 0) is 39.7 Å². The Hall–Kier alpha value is -0.0400. The Kier molecular flexibility index (Phi) is 12.9. The van der Waals surface area contributed by atoms with Crippen molar-refractivity contribution >= 4 is 0 Å². The van der Waals surface area contributed by atoms with E-state index >= 15 is 0 Å². The molecule has 0 bridgehead atoms. The van der Waals surface area contributed by atoms with E-state index in [1.807, 2.05) is 27.7 Å². The summed E-state index contributed by atoms with van der Waals surface area (Å²) in [5, 5.41) is 0. The molecule has 0 spiro atoms. The van der Waals surface area contributed by atoms with E-state index in [2.05, 4.69) is 25.7 Å². The molecule has 1 heterocycles. The molecule has 88 valence electrons. The van der Waals surface area contributed by atoms with Gasteiger partial charge in [-0.2, -0.15) is 0 Å². The predicted octanol–water partition coefficient (Wildman–Crippen LogP) is 4.32. The van der Waals surface area contributed by atoms with Crippen molar-refractivity contribution in [2.75, 3.05) is 6.54 Å². The third-order valence-corrected chi connectivity index (χ3v) is 2.76. The molecule has 1 aliphatic heterocycles. The Labute approximate surface area is 91.9 Å². The van der Waals surface area contributed by atoms with Crippen LogP contribution in [0.1, 0.15) is 67.7 Å². The van der Waals surface area contributed by atoms with Crippen LogP contribution >= 0.6 is 0 Å². The fourth-order valence-electron chi connectivity index (χ4n) is 1.84. The highest BCUT2D eigenvalue weighted by atomic mass is 15.2. The van der Waals surface area contributed by atoms with Gasteiger partial charge in [0.05, 0.1) is 0 Å². The number of rotatable bonds is 2. The first-order valence-corrected chi connectivity index (χ1v) is 6.51. The lowest BCUT2D eigenvalue weighted by Crippen LogP contribution is -2.34. The van der Waals surface area contributed by atoms with Gasteiger partial charge >= 0.3 is 0 Å². The molecule has 0 aromatic heterocycles. The van der Waals surface area contributed by atoms with Crippen LogP contribution in [0.5, 0.6) is 0 Å². The number of hydrogen-bond acceptors (Lipinski definition) is 1. The van der Waals surface area contributed by atoms with Gasteiger partial charge in [-0.25, -0.2) is 0 Å². The van der Waals surface area contributed by atoms with Crippen LogP contribution in [-0.2, 0) is 0 Å². The average Bonchev–Trinajstić information content (AvgIpc) is 2.69. The van der Waals surface area contributed by atoms with Crippen LogP contribution in [0.2, 0.25) is 0 Å². The minimum atomic E-state index is 0.803. The summed E-state index contributed by atoms with van der Waals surface area (Å²) in [4.78, 5) is 2.62. The zero-order valence-electron chi connectivity index (χ0n) is 11.4. The average molecular weight is 201 g/mol. The number of likely N-dealkylation sites (tertiary alicyclic amines) is 1. The standard InChI is InChI=1S/C9H19N.2C2H6/c1-4-8(2)10-7-5-6-9(10)3;2*1-2/h8-9H,4-7H2,1-3H3;2*1-2H3. The topological polar surface area (TPSA) is 3.24 Å². The Bertz CT molecular complexity index is 101. The first-order valence-electron chi connectivity index (χ1n) is 6.51. The number of hydrogen-bond donors (Lipinski definition) is 0. The smallest absolute Gasteiger partial charge is 0.00702 e. The monoisotopic (exact) mass is 201 g/mol. The lowest BCUT2D eigenvalue weighted by Gasteiger charge is -2.27. The Balaban J connectivity index is 0. The van der Waals surface area contributed by atoms with E-state index in [9.17, 15) is 0 Å². The number of nitrogens with zero attached hydrogens (tertiary/aromatic N) is 1. The van der Waals surface area contributed by atoms with Crippen LogP contribution < -0.4 is 0 Å². The quantitative estimate of drug-likeness (QED) is 0.643. The zero-order valence-corrected chi connectivity index (χ0v) is 11.4. The Morgan fingerprint density at radius 2 is 1.71 bits per heavy atom. The van der Waals surface area contributed by atoms with E-state index in [1.54, 1.807) is 0 Å². The second-order valence-electron chi connectivity index (χ2n) is 3.49. The summed E-state index contributed by atoms with van der Waals surface area (Å²) in [6.07, 6.45) is 4.11. The van der Waals surface area contributed by atoms with Crippen molar-refractivity contribution in [3.63, 3.8) is 0 Å². The summed E-state index contributed by atoms with van der Waals surface area (Å²) >= 11 is 0. The maximum atomic E-state index is 2.62. The maximum absolute atomic E-state index is 2.62. The summed E-state index contributed by atoms with van der Waals surface area (Å²) in [5.41, 5.74) is 0. The van der Waals surface area contributed by atoms with Crippen LogP contribution in [0.15, 0.2) is 0 Å². The maximum Gasteiger partial charge on any atom is 0.00702 e. The van der Waals surface area contributed by atoms with Gasteiger partial charge in [0.25, 0.3) is 0 Å². The molecule has 0 saturated carbocycles. The van der Waals surface area contributed by atoms with Gasteiger partial charge in [-0.3, -0.25) is 4.90 Å². The molecule has 1 fully saturated rings. The Morgan fingerprint density at radius 3 is 2.00 bits per heavy atom. The summed E-state index contributed by atoms with van der Waals surface area (Å²) in [7, 11) is 0. The molecule has 1 heteroatoms. The van der Waals surface area contributed by atoms with Crippen molar-refractivity contribution in [2.24, 2.45) is 0 Å². The summed E-state index contributed by atoms with van der Waals surface area (Å²) < 4.78 is 0. The molecule has 0 aromatic carbocycles. The van der Waals surface area contributed by atoms with Crippen molar-refractivity contribution < 1.29 is 0 Å². The van der Waals surface area contributed by atoms with E-state index in [0.29, 0.717) is 0 Å². The van der Waals surface area contributed by atoms with E-state index in [0.717, 1.165) is 12.1 Å². The summed E-state index contributed by atoms with van der Waals surface area (Å²) in [5.74, 6) is 0. The van der Waals surface area contributed by atoms with E-state index < -0.39 is 0 Å². The highest BCUT2D eigenvalue weighted by Gasteiger charge is 2.23. The molecule has 1 aliphatic rings. The molecular weight excluding hydrogens is 170 g/mol. The van der Waals surface area contributed by atoms with Crippen LogP contribution in [0.4, 0.5) is 0 Å². The van der Waals surface area contributed by atoms with E-state index in [4.69, 9.17) is 0 Å². The minimum Gasteiger partial charge on any atom is -0.298 e. The molecular formula is C13H31N. The second-order valence-corrected chi connectivity index (χ2v) is 3.49. The third kappa shape index (κ3) is 5.64. The molecule has 2 atom stereocenters. The van der Waals surface area contributed by atoms with Gasteiger partial charge in [0.15, 0.2) is 0 Å². The fraction of sp³-hybridized carbons (Fsp3) is 1.00. The summed E-state index contributed by atoms with van der Waals surface area (Å²) in [6.45, 7) is 16.3. The van der Waals surface area contributed by atoms with Gasteiger partial charge in [0.1, 0.15) is 0 Å². The van der Waals surface area contributed by atoms with Gasteiger partial charge in [0, 0.05) is 12.1 Å². The van der Waals surface area contributed by atoms with Gasteiger partial charge in [-0.1, -0.05) is 34.6 Å². The van der Waals surface area contributed by atoms with Crippen LogP contribution in [0, 0.1) is 0 Å². The lowest BCUT2D eigenvalue weighted by molar-refractivity contribution is 0.198. The highest BCUT2D eigenvalue weighted by Crippen LogP contribution is 2.20. The molecule has 1 nitrogen and oxygen atoms in total. The van der Waals surface area contributed by atoms with Crippen molar-refractivity contribution in [1.29, 1.82) is 0 Å². The summed E-state index contributed by atoms with van der Waals surface area (Å²) in [6, 6.07) is 1.65. The van der Waals surface area contributed by atoms with Crippen molar-refractivity contribution in [3.05, 3.63) is 0 Å². The molecule has 14 heavy (non-hydrogen) atoms. The van der Waals surface area contributed by atoms with E-state index in [1.165, 1.54) is 25.8 Å². The predicted molar refractivity (Wildman–Crippen MR) is 67.9 cm³/mol. The van der Waals surface area contributed by atoms with Crippen molar-refractivity contribution in [3.8, 4) is 0 Å². The van der Waals surface area contributed by atoms with Gasteiger partial charge in [0.2, 0.25) is 0 Å². The molecule has 0 amide bonds. The lowest BCUT2D eigenvalue weighted by atomic mass is 10.2. The normalized spacial score (nSPS) is 22.9.